The second kappa shape index (κ2) is 5.64. The molecule has 0 amide bonds. The van der Waals surface area contributed by atoms with Crippen molar-refractivity contribution in [2.24, 2.45) is 0 Å². The molecule has 0 aromatic carbocycles. The molecule has 0 bridgehead atoms. The highest BCUT2D eigenvalue weighted by atomic mass is 32.2. The summed E-state index contributed by atoms with van der Waals surface area (Å²) >= 11 is 0. The third-order valence-electron chi connectivity index (χ3n) is 1.38. The fraction of sp³-hybridized carbons (Fsp3) is 1.00. The third-order valence-corrected chi connectivity index (χ3v) is 2.11. The first-order valence-electron chi connectivity index (χ1n) is 4.03. The van der Waals surface area contributed by atoms with Crippen molar-refractivity contribution >= 4 is 10.0 Å². The molecule has 0 saturated heterocycles. The number of rotatable bonds is 6. The van der Waals surface area contributed by atoms with Crippen molar-refractivity contribution in [1.82, 2.24) is 10.0 Å². The largest absolute Gasteiger partial charge is 0.415 e. The summed E-state index contributed by atoms with van der Waals surface area (Å²) in [5.41, 5.74) is 0. The number of hydrogen-bond acceptors (Lipinski definition) is 4. The van der Waals surface area contributed by atoms with Gasteiger partial charge in [-0.25, -0.2) is 13.1 Å². The smallest absolute Gasteiger partial charge is 0.382 e. The maximum Gasteiger partial charge on any atom is 0.415 e. The standard InChI is InChI=1S/C6H13F3N2O3S/c1-15(13,14)11-3-2-10-4-5(12)6(7,8)9/h5,10-12H,2-4H2,1H3. The van der Waals surface area contributed by atoms with E-state index in [2.05, 4.69) is 10.0 Å². The van der Waals surface area contributed by atoms with E-state index in [-0.39, 0.29) is 13.1 Å². The Labute approximate surface area is 85.7 Å². The van der Waals surface area contributed by atoms with Gasteiger partial charge in [0, 0.05) is 19.6 Å². The quantitative estimate of drug-likeness (QED) is 0.531. The van der Waals surface area contributed by atoms with E-state index in [1.165, 1.54) is 0 Å². The molecular formula is C6H13F3N2O3S. The van der Waals surface area contributed by atoms with E-state index in [0.717, 1.165) is 6.26 Å². The Hall–Kier alpha value is -0.380. The fourth-order valence-corrected chi connectivity index (χ4v) is 1.15. The first-order valence-corrected chi connectivity index (χ1v) is 5.92. The molecule has 0 aromatic rings. The van der Waals surface area contributed by atoms with Crippen LogP contribution in [0.25, 0.3) is 0 Å². The van der Waals surface area contributed by atoms with Crippen molar-refractivity contribution in [2.75, 3.05) is 25.9 Å². The zero-order chi connectivity index (χ0) is 12.1. The zero-order valence-corrected chi connectivity index (χ0v) is 8.82. The summed E-state index contributed by atoms with van der Waals surface area (Å²) in [4.78, 5) is 0. The molecule has 0 radical (unpaired) electrons. The van der Waals surface area contributed by atoms with Crippen LogP contribution in [0.1, 0.15) is 0 Å². The van der Waals surface area contributed by atoms with Crippen molar-refractivity contribution in [2.45, 2.75) is 12.3 Å². The Morgan fingerprint density at radius 3 is 2.27 bits per heavy atom. The molecular weight excluding hydrogens is 237 g/mol. The molecule has 0 heterocycles. The molecule has 0 spiro atoms. The van der Waals surface area contributed by atoms with Gasteiger partial charge in [-0.3, -0.25) is 0 Å². The molecule has 0 aliphatic heterocycles. The van der Waals surface area contributed by atoms with E-state index in [1.54, 1.807) is 0 Å². The third kappa shape index (κ3) is 8.60. The SMILES string of the molecule is CS(=O)(=O)NCCNCC(O)C(F)(F)F. The molecule has 92 valence electrons. The van der Waals surface area contributed by atoms with Crippen molar-refractivity contribution in [3.05, 3.63) is 0 Å². The van der Waals surface area contributed by atoms with Crippen molar-refractivity contribution < 1.29 is 26.7 Å². The van der Waals surface area contributed by atoms with Gasteiger partial charge in [-0.15, -0.1) is 0 Å². The highest BCUT2D eigenvalue weighted by Crippen LogP contribution is 2.18. The average Bonchev–Trinajstić information content (AvgIpc) is 1.99. The van der Waals surface area contributed by atoms with Crippen LogP contribution >= 0.6 is 0 Å². The number of alkyl halides is 3. The van der Waals surface area contributed by atoms with E-state index in [1.807, 2.05) is 0 Å². The number of aliphatic hydroxyl groups excluding tert-OH is 1. The fourth-order valence-electron chi connectivity index (χ4n) is 0.679. The molecule has 0 aromatic heterocycles. The monoisotopic (exact) mass is 250 g/mol. The van der Waals surface area contributed by atoms with Crippen LogP contribution in [0.3, 0.4) is 0 Å². The number of aliphatic hydroxyl groups is 1. The summed E-state index contributed by atoms with van der Waals surface area (Å²) in [6, 6.07) is 0. The minimum absolute atomic E-state index is 0.0141. The summed E-state index contributed by atoms with van der Waals surface area (Å²) in [5, 5.41) is 10.8. The molecule has 0 fully saturated rings. The van der Waals surface area contributed by atoms with E-state index in [4.69, 9.17) is 5.11 Å². The summed E-state index contributed by atoms with van der Waals surface area (Å²) in [6.45, 7) is -0.668. The van der Waals surface area contributed by atoms with Gasteiger partial charge in [-0.1, -0.05) is 0 Å². The zero-order valence-electron chi connectivity index (χ0n) is 8.00. The van der Waals surface area contributed by atoms with Gasteiger partial charge < -0.3 is 10.4 Å². The summed E-state index contributed by atoms with van der Waals surface area (Å²) < 4.78 is 58.4. The maximum atomic E-state index is 11.7. The molecule has 1 atom stereocenters. The number of nitrogens with one attached hydrogen (secondary N) is 2. The van der Waals surface area contributed by atoms with Gasteiger partial charge in [0.25, 0.3) is 0 Å². The summed E-state index contributed by atoms with van der Waals surface area (Å²) in [7, 11) is -3.33. The van der Waals surface area contributed by atoms with Crippen molar-refractivity contribution in [1.29, 1.82) is 0 Å². The lowest BCUT2D eigenvalue weighted by atomic mass is 10.3. The molecule has 0 rings (SSSR count). The lowest BCUT2D eigenvalue weighted by Crippen LogP contribution is -2.41. The Balaban J connectivity index is 3.56. The Morgan fingerprint density at radius 2 is 1.87 bits per heavy atom. The van der Waals surface area contributed by atoms with Gasteiger partial charge >= 0.3 is 6.18 Å². The Kier molecular flexibility index (Phi) is 5.49. The molecule has 0 aliphatic carbocycles. The summed E-state index contributed by atoms with van der Waals surface area (Å²) in [5.74, 6) is 0. The van der Waals surface area contributed by atoms with Crippen LogP contribution in [-0.2, 0) is 10.0 Å². The van der Waals surface area contributed by atoms with E-state index < -0.39 is 28.8 Å². The average molecular weight is 250 g/mol. The van der Waals surface area contributed by atoms with Crippen LogP contribution in [0.15, 0.2) is 0 Å². The van der Waals surface area contributed by atoms with E-state index in [0.29, 0.717) is 0 Å². The number of sulfonamides is 1. The number of halogens is 3. The van der Waals surface area contributed by atoms with Crippen LogP contribution < -0.4 is 10.0 Å². The predicted molar refractivity (Wildman–Crippen MR) is 47.8 cm³/mol. The second-order valence-electron chi connectivity index (χ2n) is 2.93. The lowest BCUT2D eigenvalue weighted by Gasteiger charge is -2.14. The van der Waals surface area contributed by atoms with Gasteiger partial charge in [0.05, 0.1) is 6.26 Å². The molecule has 0 aliphatic rings. The van der Waals surface area contributed by atoms with E-state index >= 15 is 0 Å². The lowest BCUT2D eigenvalue weighted by molar-refractivity contribution is -0.201. The van der Waals surface area contributed by atoms with Crippen LogP contribution in [0, 0.1) is 0 Å². The number of hydrogen-bond donors (Lipinski definition) is 3. The molecule has 5 nitrogen and oxygen atoms in total. The highest BCUT2D eigenvalue weighted by molar-refractivity contribution is 7.88. The van der Waals surface area contributed by atoms with Crippen LogP contribution in [0.4, 0.5) is 13.2 Å². The van der Waals surface area contributed by atoms with Gasteiger partial charge in [0.1, 0.15) is 0 Å². The van der Waals surface area contributed by atoms with Crippen LogP contribution in [0.2, 0.25) is 0 Å². The Bertz CT molecular complexity index is 278. The van der Waals surface area contributed by atoms with Crippen LogP contribution in [0.5, 0.6) is 0 Å². The topological polar surface area (TPSA) is 78.4 Å². The second-order valence-corrected chi connectivity index (χ2v) is 4.76. The van der Waals surface area contributed by atoms with Gasteiger partial charge in [-0.2, -0.15) is 13.2 Å². The molecule has 1 unspecified atom stereocenters. The van der Waals surface area contributed by atoms with Gasteiger partial charge in [0.15, 0.2) is 6.10 Å². The predicted octanol–water partition coefficient (Wildman–Crippen LogP) is -0.952. The maximum absolute atomic E-state index is 11.7. The molecule has 0 saturated carbocycles. The highest BCUT2D eigenvalue weighted by Gasteiger charge is 2.37. The molecule has 9 heteroatoms. The van der Waals surface area contributed by atoms with E-state index in [9.17, 15) is 21.6 Å². The molecule has 15 heavy (non-hydrogen) atoms. The normalized spacial score (nSPS) is 15.3. The van der Waals surface area contributed by atoms with Crippen molar-refractivity contribution in [3.63, 3.8) is 0 Å². The van der Waals surface area contributed by atoms with Crippen molar-refractivity contribution in [3.8, 4) is 0 Å². The first kappa shape index (κ1) is 14.6. The first-order chi connectivity index (χ1) is 6.63. The van der Waals surface area contributed by atoms with Crippen LogP contribution in [-0.4, -0.2) is 51.7 Å². The minimum Gasteiger partial charge on any atom is -0.382 e. The molecule has 3 N–H and O–H groups in total. The summed E-state index contributed by atoms with van der Waals surface area (Å²) in [6.07, 6.45) is -6.15. The van der Waals surface area contributed by atoms with Gasteiger partial charge in [-0.05, 0) is 0 Å². The Morgan fingerprint density at radius 1 is 1.33 bits per heavy atom. The van der Waals surface area contributed by atoms with Gasteiger partial charge in [0.2, 0.25) is 10.0 Å². The minimum atomic E-state index is -4.66.